The molecule has 1 heterocycles. The van der Waals surface area contributed by atoms with Crippen LogP contribution >= 0.6 is 34.5 Å². The molecule has 1 aliphatic heterocycles. The van der Waals surface area contributed by atoms with E-state index in [1.807, 2.05) is 31.1 Å². The fraction of sp³-hybridized carbons (Fsp3) is 0.143. The monoisotopic (exact) mass is 324 g/mol. The second-order valence-corrected chi connectivity index (χ2v) is 6.53. The molecule has 0 bridgehead atoms. The van der Waals surface area contributed by atoms with Gasteiger partial charge in [-0.15, -0.1) is 11.3 Å². The van der Waals surface area contributed by atoms with Crippen LogP contribution < -0.4 is 10.3 Å². The summed E-state index contributed by atoms with van der Waals surface area (Å²) in [5, 5.41) is 0.935. The average Bonchev–Trinajstić information content (AvgIpc) is 2.36. The second kappa shape index (κ2) is 4.88. The molecule has 0 aromatic heterocycles. The van der Waals surface area contributed by atoms with Gasteiger partial charge in [0.2, 0.25) is 0 Å². The van der Waals surface area contributed by atoms with Crippen molar-refractivity contribution >= 4 is 50.4 Å². The minimum Gasteiger partial charge on any atom is -0.378 e. The number of anilines is 1. The molecule has 0 saturated heterocycles. The van der Waals surface area contributed by atoms with Crippen molar-refractivity contribution in [3.8, 4) is 10.6 Å². The SMILES string of the molecule is CN(C)c1cc(Cl)c2nc3c(Cl)cc(=O)cc-3sc2c1. The number of aromatic nitrogens is 1. The minimum atomic E-state index is -0.116. The van der Waals surface area contributed by atoms with Gasteiger partial charge < -0.3 is 4.90 Å². The van der Waals surface area contributed by atoms with E-state index in [0.29, 0.717) is 21.3 Å². The molecule has 0 atom stereocenters. The van der Waals surface area contributed by atoms with E-state index in [2.05, 4.69) is 4.98 Å². The van der Waals surface area contributed by atoms with Crippen molar-refractivity contribution in [2.75, 3.05) is 19.0 Å². The van der Waals surface area contributed by atoms with Gasteiger partial charge in [-0.2, -0.15) is 0 Å². The smallest absolute Gasteiger partial charge is 0.181 e. The lowest BCUT2D eigenvalue weighted by Gasteiger charge is -2.15. The third-order valence-corrected chi connectivity index (χ3v) is 4.61. The van der Waals surface area contributed by atoms with Gasteiger partial charge in [-0.3, -0.25) is 4.79 Å². The molecule has 1 aromatic carbocycles. The van der Waals surface area contributed by atoms with Crippen LogP contribution in [-0.2, 0) is 0 Å². The maximum absolute atomic E-state index is 11.5. The Balaban J connectivity index is 2.43. The number of fused-ring (bicyclic) bond motifs is 2. The van der Waals surface area contributed by atoms with Crippen molar-refractivity contribution in [3.05, 3.63) is 44.5 Å². The zero-order chi connectivity index (χ0) is 14.4. The summed E-state index contributed by atoms with van der Waals surface area (Å²) in [4.78, 5) is 18.8. The number of nitrogens with zero attached hydrogens (tertiary/aromatic N) is 2. The zero-order valence-electron chi connectivity index (χ0n) is 10.8. The Labute approximate surface area is 129 Å². The molecule has 0 radical (unpaired) electrons. The first kappa shape index (κ1) is 13.6. The van der Waals surface area contributed by atoms with Gasteiger partial charge in [0.15, 0.2) is 5.43 Å². The van der Waals surface area contributed by atoms with E-state index in [1.54, 1.807) is 6.07 Å². The standard InChI is InChI=1S/C14H10Cl2N2OS/c1-18(2)7-3-9(15)13-11(4-7)20-12-6-8(19)5-10(16)14(12)17-13/h3-6H,1-2H3. The average molecular weight is 325 g/mol. The second-order valence-electron chi connectivity index (χ2n) is 4.63. The third-order valence-electron chi connectivity index (χ3n) is 2.98. The van der Waals surface area contributed by atoms with E-state index in [9.17, 15) is 4.79 Å². The van der Waals surface area contributed by atoms with Crippen LogP contribution in [0.1, 0.15) is 0 Å². The molecule has 0 unspecified atom stereocenters. The van der Waals surface area contributed by atoms with Gasteiger partial charge in [0.1, 0.15) is 0 Å². The van der Waals surface area contributed by atoms with Crippen LogP contribution in [0.15, 0.2) is 29.1 Å². The number of hydrogen-bond acceptors (Lipinski definition) is 4. The first-order valence-corrected chi connectivity index (χ1v) is 7.44. The van der Waals surface area contributed by atoms with E-state index in [1.165, 1.54) is 17.4 Å². The largest absolute Gasteiger partial charge is 0.378 e. The van der Waals surface area contributed by atoms with Crippen LogP contribution in [0.3, 0.4) is 0 Å². The van der Waals surface area contributed by atoms with Crippen molar-refractivity contribution < 1.29 is 0 Å². The van der Waals surface area contributed by atoms with Gasteiger partial charge in [-0.05, 0) is 12.1 Å². The summed E-state index contributed by atoms with van der Waals surface area (Å²) in [5.41, 5.74) is 2.19. The predicted octanol–water partition coefficient (Wildman–Crippen LogP) is 4.13. The summed E-state index contributed by atoms with van der Waals surface area (Å²) in [6.45, 7) is 0. The van der Waals surface area contributed by atoms with E-state index >= 15 is 0 Å². The molecule has 102 valence electrons. The highest BCUT2D eigenvalue weighted by Crippen LogP contribution is 2.38. The Kier molecular flexibility index (Phi) is 3.32. The molecule has 0 fully saturated rings. The molecule has 6 heteroatoms. The summed E-state index contributed by atoms with van der Waals surface area (Å²) in [6.07, 6.45) is 0. The van der Waals surface area contributed by atoms with E-state index in [-0.39, 0.29) is 5.43 Å². The summed E-state index contributed by atoms with van der Waals surface area (Å²) in [5.74, 6) is 0. The van der Waals surface area contributed by atoms with Crippen LogP contribution in [0.2, 0.25) is 10.0 Å². The highest BCUT2D eigenvalue weighted by molar-refractivity contribution is 7.21. The van der Waals surface area contributed by atoms with Crippen molar-refractivity contribution in [2.45, 2.75) is 0 Å². The van der Waals surface area contributed by atoms with Gasteiger partial charge in [0, 0.05) is 31.9 Å². The summed E-state index contributed by atoms with van der Waals surface area (Å²) < 4.78 is 0.926. The first-order chi connectivity index (χ1) is 9.45. The fourth-order valence-electron chi connectivity index (χ4n) is 1.97. The summed E-state index contributed by atoms with van der Waals surface area (Å²) >= 11 is 13.9. The predicted molar refractivity (Wildman–Crippen MR) is 86.9 cm³/mol. The Bertz CT molecular complexity index is 845. The first-order valence-electron chi connectivity index (χ1n) is 5.86. The molecule has 3 nitrogen and oxygen atoms in total. The van der Waals surface area contributed by atoms with Crippen LogP contribution in [0.25, 0.3) is 20.8 Å². The maximum Gasteiger partial charge on any atom is 0.181 e. The lowest BCUT2D eigenvalue weighted by atomic mass is 10.2. The number of hydrogen-bond donors (Lipinski definition) is 0. The number of rotatable bonds is 1. The maximum atomic E-state index is 11.5. The molecule has 0 amide bonds. The molecule has 0 saturated carbocycles. The van der Waals surface area contributed by atoms with Crippen molar-refractivity contribution in [3.63, 3.8) is 0 Å². The number of benzene rings is 2. The molecular weight excluding hydrogens is 315 g/mol. The Hall–Kier alpha value is -1.36. The van der Waals surface area contributed by atoms with Crippen LogP contribution in [0.4, 0.5) is 5.69 Å². The van der Waals surface area contributed by atoms with Crippen molar-refractivity contribution in [1.82, 2.24) is 4.98 Å². The van der Waals surface area contributed by atoms with E-state index < -0.39 is 0 Å². The molecule has 20 heavy (non-hydrogen) atoms. The molecule has 1 aliphatic carbocycles. The normalized spacial score (nSPS) is 11.2. The van der Waals surface area contributed by atoms with Crippen LogP contribution in [0, 0.1) is 0 Å². The van der Waals surface area contributed by atoms with Crippen LogP contribution in [-0.4, -0.2) is 19.1 Å². The summed E-state index contributed by atoms with van der Waals surface area (Å²) in [6, 6.07) is 6.79. The van der Waals surface area contributed by atoms with E-state index in [0.717, 1.165) is 15.3 Å². The van der Waals surface area contributed by atoms with Gasteiger partial charge in [0.05, 0.1) is 30.8 Å². The molecular formula is C14H10Cl2N2OS. The molecule has 0 spiro atoms. The molecule has 0 N–H and O–H groups in total. The minimum absolute atomic E-state index is 0.116. The van der Waals surface area contributed by atoms with E-state index in [4.69, 9.17) is 23.2 Å². The highest BCUT2D eigenvalue weighted by atomic mass is 35.5. The Morgan fingerprint density at radius 3 is 2.55 bits per heavy atom. The lowest BCUT2D eigenvalue weighted by molar-refractivity contribution is 1.13. The number of halogens is 2. The third kappa shape index (κ3) is 2.24. The Morgan fingerprint density at radius 2 is 1.85 bits per heavy atom. The zero-order valence-corrected chi connectivity index (χ0v) is 13.1. The molecule has 1 aromatic rings. The van der Waals surface area contributed by atoms with Crippen molar-refractivity contribution in [2.24, 2.45) is 0 Å². The van der Waals surface area contributed by atoms with Gasteiger partial charge in [-0.1, -0.05) is 23.2 Å². The molecule has 2 aliphatic rings. The summed E-state index contributed by atoms with van der Waals surface area (Å²) in [7, 11) is 3.90. The van der Waals surface area contributed by atoms with Crippen LogP contribution in [0.5, 0.6) is 0 Å². The quantitative estimate of drug-likeness (QED) is 0.631. The van der Waals surface area contributed by atoms with Gasteiger partial charge in [-0.25, -0.2) is 4.98 Å². The lowest BCUT2D eigenvalue weighted by Crippen LogP contribution is -2.08. The Morgan fingerprint density at radius 1 is 1.10 bits per heavy atom. The molecule has 3 rings (SSSR count). The van der Waals surface area contributed by atoms with Gasteiger partial charge >= 0.3 is 0 Å². The fourth-order valence-corrected chi connectivity index (χ4v) is 3.69. The highest BCUT2D eigenvalue weighted by Gasteiger charge is 2.15. The van der Waals surface area contributed by atoms with Gasteiger partial charge in [0.25, 0.3) is 0 Å². The van der Waals surface area contributed by atoms with Crippen molar-refractivity contribution in [1.29, 1.82) is 0 Å². The topological polar surface area (TPSA) is 33.2 Å².